The molecule has 0 bridgehead atoms. The Balaban J connectivity index is 1.79. The van der Waals surface area contributed by atoms with Crippen molar-refractivity contribution in [3.8, 4) is 0 Å². The second-order valence-corrected chi connectivity index (χ2v) is 7.07. The van der Waals surface area contributed by atoms with E-state index in [0.717, 1.165) is 25.8 Å². The first kappa shape index (κ1) is 16.7. The molecule has 1 aliphatic rings. The molecule has 0 saturated carbocycles. The van der Waals surface area contributed by atoms with Crippen molar-refractivity contribution in [2.45, 2.75) is 6.54 Å². The summed E-state index contributed by atoms with van der Waals surface area (Å²) in [6, 6.07) is 10.1. The van der Waals surface area contributed by atoms with Crippen LogP contribution in [0.4, 0.5) is 10.7 Å². The number of carbonyl (C=O) groups is 2. The van der Waals surface area contributed by atoms with Gasteiger partial charge in [-0.2, -0.15) is 0 Å². The van der Waals surface area contributed by atoms with Crippen LogP contribution in [-0.4, -0.2) is 21.0 Å². The van der Waals surface area contributed by atoms with Crippen molar-refractivity contribution in [3.63, 3.8) is 0 Å². The molecule has 0 radical (unpaired) electrons. The van der Waals surface area contributed by atoms with Crippen LogP contribution < -0.4 is 0 Å². The van der Waals surface area contributed by atoms with Crippen molar-refractivity contribution in [3.05, 3.63) is 66.3 Å². The number of hydrogen-bond donors (Lipinski definition) is 0. The molecule has 1 saturated heterocycles. The Bertz CT molecular complexity index is 859. The van der Waals surface area contributed by atoms with Gasteiger partial charge in [-0.25, -0.2) is 0 Å². The highest BCUT2D eigenvalue weighted by molar-refractivity contribution is 14.1. The molecule has 1 fully saturated rings. The second kappa shape index (κ2) is 6.77. The van der Waals surface area contributed by atoms with Crippen molar-refractivity contribution in [2.24, 2.45) is 0 Å². The van der Waals surface area contributed by atoms with Gasteiger partial charge in [-0.1, -0.05) is 12.1 Å². The van der Waals surface area contributed by atoms with E-state index in [9.17, 15) is 19.7 Å². The summed E-state index contributed by atoms with van der Waals surface area (Å²) in [4.78, 5) is 35.7. The van der Waals surface area contributed by atoms with Gasteiger partial charge < -0.3 is 4.42 Å². The zero-order chi connectivity index (χ0) is 17.3. The molecule has 2 amide bonds. The van der Waals surface area contributed by atoms with E-state index in [0.29, 0.717) is 0 Å². The third-order valence-electron chi connectivity index (χ3n) is 3.19. The van der Waals surface area contributed by atoms with Gasteiger partial charge in [-0.15, -0.1) is 0 Å². The number of imide groups is 1. The first-order valence-electron chi connectivity index (χ1n) is 6.68. The molecule has 0 spiro atoms. The lowest BCUT2D eigenvalue weighted by molar-refractivity contribution is -0.402. The first-order valence-corrected chi connectivity index (χ1v) is 8.57. The molecule has 2 aromatic rings. The Kier molecular flexibility index (Phi) is 4.71. The maximum Gasteiger partial charge on any atom is 0.433 e. The van der Waals surface area contributed by atoms with Crippen LogP contribution in [0.1, 0.15) is 11.3 Å². The average molecular weight is 456 g/mol. The predicted octanol–water partition coefficient (Wildman–Crippen LogP) is 4.03. The van der Waals surface area contributed by atoms with E-state index in [1.54, 1.807) is 0 Å². The SMILES string of the molecule is O=C1S/C(=C\c2ccc([N+](=O)[O-])o2)C(=O)N1Cc1ccc(I)cc1. The van der Waals surface area contributed by atoms with Crippen LogP contribution in [0.3, 0.4) is 0 Å². The van der Waals surface area contributed by atoms with E-state index >= 15 is 0 Å². The van der Waals surface area contributed by atoms with E-state index in [-0.39, 0.29) is 22.4 Å². The van der Waals surface area contributed by atoms with Crippen molar-refractivity contribution in [1.82, 2.24) is 4.90 Å². The quantitative estimate of drug-likeness (QED) is 0.299. The standard InChI is InChI=1S/C15H9IN2O5S/c16-10-3-1-9(2-4-10)8-17-14(19)12(24-15(17)20)7-11-5-6-13(23-11)18(21)22/h1-7H,8H2/b12-7-. The van der Waals surface area contributed by atoms with Crippen molar-refractivity contribution in [2.75, 3.05) is 0 Å². The number of thioether (sulfide) groups is 1. The smallest absolute Gasteiger partial charge is 0.401 e. The third-order valence-corrected chi connectivity index (χ3v) is 4.82. The van der Waals surface area contributed by atoms with Crippen LogP contribution in [-0.2, 0) is 11.3 Å². The molecule has 24 heavy (non-hydrogen) atoms. The number of furan rings is 1. The van der Waals surface area contributed by atoms with Crippen LogP contribution >= 0.6 is 34.4 Å². The van der Waals surface area contributed by atoms with Gasteiger partial charge in [0, 0.05) is 9.65 Å². The lowest BCUT2D eigenvalue weighted by Gasteiger charge is -2.12. The molecule has 1 aromatic heterocycles. The maximum absolute atomic E-state index is 12.4. The molecule has 2 heterocycles. The summed E-state index contributed by atoms with van der Waals surface area (Å²) in [5.74, 6) is -0.705. The van der Waals surface area contributed by atoms with Gasteiger partial charge in [0.25, 0.3) is 11.1 Å². The largest absolute Gasteiger partial charge is 0.433 e. The highest BCUT2D eigenvalue weighted by atomic mass is 127. The number of benzene rings is 1. The molecule has 7 nitrogen and oxygen atoms in total. The number of amides is 2. The van der Waals surface area contributed by atoms with Crippen LogP contribution in [0.2, 0.25) is 0 Å². The highest BCUT2D eigenvalue weighted by Crippen LogP contribution is 2.34. The van der Waals surface area contributed by atoms with Crippen LogP contribution in [0.25, 0.3) is 6.08 Å². The molecule has 3 rings (SSSR count). The Morgan fingerprint density at radius 2 is 1.92 bits per heavy atom. The number of hydrogen-bond acceptors (Lipinski definition) is 6. The van der Waals surface area contributed by atoms with Gasteiger partial charge in [0.05, 0.1) is 17.5 Å². The van der Waals surface area contributed by atoms with Gasteiger partial charge in [-0.05, 0) is 58.1 Å². The van der Waals surface area contributed by atoms with Gasteiger partial charge in [0.15, 0.2) is 0 Å². The van der Waals surface area contributed by atoms with Crippen molar-refractivity contribution in [1.29, 1.82) is 0 Å². The lowest BCUT2D eigenvalue weighted by atomic mass is 10.2. The minimum Gasteiger partial charge on any atom is -0.401 e. The predicted molar refractivity (Wildman–Crippen MR) is 96.0 cm³/mol. The van der Waals surface area contributed by atoms with E-state index < -0.39 is 16.7 Å². The number of nitro groups is 1. The zero-order valence-corrected chi connectivity index (χ0v) is 14.9. The summed E-state index contributed by atoms with van der Waals surface area (Å²) < 4.78 is 6.05. The van der Waals surface area contributed by atoms with Crippen LogP contribution in [0.5, 0.6) is 0 Å². The molecule has 9 heteroatoms. The van der Waals surface area contributed by atoms with Gasteiger partial charge in [-0.3, -0.25) is 24.6 Å². The molecule has 0 N–H and O–H groups in total. The summed E-state index contributed by atoms with van der Waals surface area (Å²) in [7, 11) is 0. The normalized spacial score (nSPS) is 16.2. The second-order valence-electron chi connectivity index (χ2n) is 4.83. The van der Waals surface area contributed by atoms with E-state index in [1.807, 2.05) is 24.3 Å². The highest BCUT2D eigenvalue weighted by Gasteiger charge is 2.35. The van der Waals surface area contributed by atoms with E-state index in [2.05, 4.69) is 22.6 Å². The lowest BCUT2D eigenvalue weighted by Crippen LogP contribution is -2.27. The summed E-state index contributed by atoms with van der Waals surface area (Å²) in [6.45, 7) is 0.178. The topological polar surface area (TPSA) is 93.7 Å². The van der Waals surface area contributed by atoms with Gasteiger partial charge in [0.1, 0.15) is 10.7 Å². The Labute approximate surface area is 154 Å². The summed E-state index contributed by atoms with van der Waals surface area (Å²) in [5, 5.41) is 10.2. The molecule has 0 unspecified atom stereocenters. The molecule has 1 aliphatic heterocycles. The van der Waals surface area contributed by atoms with E-state index in [4.69, 9.17) is 4.42 Å². The maximum atomic E-state index is 12.4. The Hall–Kier alpha value is -2.14. The molecule has 122 valence electrons. The first-order chi connectivity index (χ1) is 11.4. The number of rotatable bonds is 4. The average Bonchev–Trinajstić information content (AvgIpc) is 3.10. The number of nitrogens with zero attached hydrogens (tertiary/aromatic N) is 2. The Morgan fingerprint density at radius 3 is 2.54 bits per heavy atom. The minimum absolute atomic E-state index is 0.154. The fourth-order valence-electron chi connectivity index (χ4n) is 2.06. The minimum atomic E-state index is -0.667. The molecular formula is C15H9IN2O5S. The van der Waals surface area contributed by atoms with E-state index in [1.165, 1.54) is 18.2 Å². The van der Waals surface area contributed by atoms with Crippen LogP contribution in [0, 0.1) is 13.7 Å². The third kappa shape index (κ3) is 3.51. The van der Waals surface area contributed by atoms with Gasteiger partial charge in [0.2, 0.25) is 0 Å². The van der Waals surface area contributed by atoms with Gasteiger partial charge >= 0.3 is 5.88 Å². The number of halogens is 1. The summed E-state index contributed by atoms with van der Waals surface area (Å²) >= 11 is 2.96. The zero-order valence-electron chi connectivity index (χ0n) is 12.0. The fourth-order valence-corrected chi connectivity index (χ4v) is 3.23. The Morgan fingerprint density at radius 1 is 1.21 bits per heavy atom. The molecule has 1 aromatic carbocycles. The monoisotopic (exact) mass is 456 g/mol. The summed E-state index contributed by atoms with van der Waals surface area (Å²) in [6.07, 6.45) is 1.34. The molecular weight excluding hydrogens is 447 g/mol. The molecule has 0 atom stereocenters. The van der Waals surface area contributed by atoms with Crippen LogP contribution in [0.15, 0.2) is 45.7 Å². The van der Waals surface area contributed by atoms with Crippen molar-refractivity contribution < 1.29 is 18.9 Å². The van der Waals surface area contributed by atoms with Crippen molar-refractivity contribution >= 4 is 57.5 Å². The fraction of sp³-hybridized carbons (Fsp3) is 0.0667. The number of carbonyl (C=O) groups excluding carboxylic acids is 2. The molecule has 0 aliphatic carbocycles. The summed E-state index contributed by atoms with van der Waals surface area (Å²) in [5.41, 5.74) is 0.840.